The van der Waals surface area contributed by atoms with Crippen LogP contribution in [0.15, 0.2) is 66.4 Å². The molecule has 0 radical (unpaired) electrons. The first-order valence-electron chi connectivity index (χ1n) is 17.5. The number of nitrogens with one attached hydrogen (secondary N) is 3. The number of carboxylic acid groups (broad SMARTS) is 1. The molecule has 53 heavy (non-hydrogen) atoms. The maximum absolute atomic E-state index is 14.2. The zero-order valence-electron chi connectivity index (χ0n) is 30.0. The minimum Gasteiger partial charge on any atom is -0.480 e. The first-order chi connectivity index (χ1) is 25.3. The van der Waals surface area contributed by atoms with Gasteiger partial charge in [0.05, 0.1) is 12.2 Å². The Labute approximate surface area is 307 Å². The molecule has 5 amide bonds. The van der Waals surface area contributed by atoms with E-state index in [2.05, 4.69) is 10.6 Å². The smallest absolute Gasteiger partial charge is 0.410 e. The fraction of sp³-hybridized carbons (Fsp3) is 0.421. The Balaban J connectivity index is 1.56. The van der Waals surface area contributed by atoms with Gasteiger partial charge in [-0.1, -0.05) is 87.9 Å². The van der Waals surface area contributed by atoms with Gasteiger partial charge in [0.1, 0.15) is 24.7 Å². The van der Waals surface area contributed by atoms with Crippen LogP contribution < -0.4 is 16.0 Å². The van der Waals surface area contributed by atoms with Crippen LogP contribution in [0.4, 0.5) is 4.79 Å². The zero-order chi connectivity index (χ0) is 38.7. The van der Waals surface area contributed by atoms with Gasteiger partial charge in [0, 0.05) is 25.9 Å². The quantitative estimate of drug-likeness (QED) is 0.154. The molecule has 3 atom stereocenters. The third-order valence-electron chi connectivity index (χ3n) is 8.93. The van der Waals surface area contributed by atoms with Gasteiger partial charge in [-0.3, -0.25) is 33.6 Å². The van der Waals surface area contributed by atoms with Crippen molar-refractivity contribution in [1.29, 1.82) is 0 Å². The number of amides is 5. The summed E-state index contributed by atoms with van der Waals surface area (Å²) in [4.78, 5) is 106. The second-order valence-electron chi connectivity index (χ2n) is 13.3. The molecule has 0 aromatic heterocycles. The van der Waals surface area contributed by atoms with E-state index in [1.807, 2.05) is 29.6 Å². The summed E-state index contributed by atoms with van der Waals surface area (Å²) in [5, 5.41) is 15.8. The van der Waals surface area contributed by atoms with E-state index in [0.717, 1.165) is 16.0 Å². The van der Waals surface area contributed by atoms with Crippen LogP contribution in [0.25, 0.3) is 0 Å². The third-order valence-corrected chi connectivity index (χ3v) is 8.93. The van der Waals surface area contributed by atoms with Crippen molar-refractivity contribution in [2.45, 2.75) is 77.6 Å². The first kappa shape index (κ1) is 39.9. The summed E-state index contributed by atoms with van der Waals surface area (Å²) in [6.07, 6.45) is 0.759. The molecule has 0 aliphatic carbocycles. The molecule has 1 fully saturated rings. The standard InChI is InChI=1S/C38H45N5O10/c1-4-5-15-28(33(47)36(50)39-20-31(45)46)40-34(48)29-19-27(53-38(52)42-17-16-25-13-9-10-14-26(25)21-42)22-43(29)37(51)32(23(2)3)41-35(49)30(44)18-24-11-7-6-8-12-24/h6-15,23,27,29,32H,4-5,16-22H2,1-3H3,(H,39,50)(H,40,48)(H,41,49)(H,45,46)/b28-15-/t27-,29+,32+/m1/s1. The predicted octanol–water partition coefficient (Wildman–Crippen LogP) is 1.67. The lowest BCUT2D eigenvalue weighted by Gasteiger charge is -2.30. The molecule has 15 heteroatoms. The second kappa shape index (κ2) is 18.6. The molecular weight excluding hydrogens is 686 g/mol. The summed E-state index contributed by atoms with van der Waals surface area (Å²) in [5.41, 5.74) is 2.28. The van der Waals surface area contributed by atoms with Crippen LogP contribution in [-0.4, -0.2) is 100.0 Å². The second-order valence-corrected chi connectivity index (χ2v) is 13.3. The number of benzene rings is 2. The minimum atomic E-state index is -1.38. The average molecular weight is 732 g/mol. The maximum Gasteiger partial charge on any atom is 0.410 e. The topological polar surface area (TPSA) is 209 Å². The summed E-state index contributed by atoms with van der Waals surface area (Å²) in [7, 11) is 0. The Morgan fingerprint density at radius 2 is 1.62 bits per heavy atom. The van der Waals surface area contributed by atoms with Crippen molar-refractivity contribution in [3.05, 3.63) is 83.1 Å². The molecule has 0 saturated carbocycles. The molecular formula is C38H45N5O10. The van der Waals surface area contributed by atoms with Gasteiger partial charge >= 0.3 is 12.1 Å². The number of ketones is 2. The molecule has 282 valence electrons. The number of hydrogen-bond donors (Lipinski definition) is 4. The Bertz CT molecular complexity index is 1760. The van der Waals surface area contributed by atoms with Gasteiger partial charge in [0.2, 0.25) is 17.6 Å². The molecule has 2 aromatic rings. The van der Waals surface area contributed by atoms with Gasteiger partial charge < -0.3 is 35.6 Å². The number of ether oxygens (including phenoxy) is 1. The van der Waals surface area contributed by atoms with Gasteiger partial charge in [0.15, 0.2) is 0 Å². The van der Waals surface area contributed by atoms with E-state index in [4.69, 9.17) is 9.84 Å². The van der Waals surface area contributed by atoms with Gasteiger partial charge in [-0.15, -0.1) is 0 Å². The number of rotatable bonds is 15. The number of carbonyl (C=O) groups excluding carboxylic acids is 7. The van der Waals surface area contributed by atoms with E-state index in [9.17, 15) is 38.4 Å². The third kappa shape index (κ3) is 10.8. The molecule has 2 aromatic carbocycles. The Kier molecular flexibility index (Phi) is 14.0. The van der Waals surface area contributed by atoms with E-state index in [1.165, 1.54) is 11.0 Å². The molecule has 4 N–H and O–H groups in total. The van der Waals surface area contributed by atoms with Crippen LogP contribution in [0, 0.1) is 5.92 Å². The number of aliphatic carboxylic acids is 1. The number of likely N-dealkylation sites (tertiary alicyclic amines) is 1. The number of Topliss-reactive ketones (excluding diaryl/α,β-unsaturated/α-hetero) is 2. The number of fused-ring (bicyclic) bond motifs is 1. The molecule has 4 rings (SSSR count). The number of allylic oxidation sites excluding steroid dienone is 1. The van der Waals surface area contributed by atoms with Crippen LogP contribution in [0.2, 0.25) is 0 Å². The van der Waals surface area contributed by atoms with Crippen LogP contribution >= 0.6 is 0 Å². The monoisotopic (exact) mass is 731 g/mol. The molecule has 2 aliphatic heterocycles. The van der Waals surface area contributed by atoms with Crippen LogP contribution in [0.3, 0.4) is 0 Å². The number of unbranched alkanes of at least 4 members (excludes halogenated alkanes) is 1. The highest BCUT2D eigenvalue weighted by Gasteiger charge is 2.45. The summed E-state index contributed by atoms with van der Waals surface area (Å²) >= 11 is 0. The van der Waals surface area contributed by atoms with E-state index in [0.29, 0.717) is 31.5 Å². The van der Waals surface area contributed by atoms with Gasteiger partial charge in [-0.05, 0) is 35.4 Å². The molecule has 0 unspecified atom stereocenters. The lowest BCUT2D eigenvalue weighted by atomic mass is 10.0. The summed E-state index contributed by atoms with van der Waals surface area (Å²) in [6, 6.07) is 13.7. The highest BCUT2D eigenvalue weighted by Crippen LogP contribution is 2.26. The van der Waals surface area contributed by atoms with E-state index >= 15 is 0 Å². The van der Waals surface area contributed by atoms with Gasteiger partial charge in [-0.2, -0.15) is 0 Å². The first-order valence-corrected chi connectivity index (χ1v) is 17.5. The average Bonchev–Trinajstić information content (AvgIpc) is 3.57. The van der Waals surface area contributed by atoms with Crippen molar-refractivity contribution in [3.8, 4) is 0 Å². The Hall–Kier alpha value is -5.86. The number of carbonyl (C=O) groups is 8. The van der Waals surface area contributed by atoms with Crippen molar-refractivity contribution in [3.63, 3.8) is 0 Å². The molecule has 2 heterocycles. The highest BCUT2D eigenvalue weighted by molar-refractivity contribution is 6.43. The molecule has 1 saturated heterocycles. The fourth-order valence-corrected chi connectivity index (χ4v) is 6.08. The molecule has 0 spiro atoms. The summed E-state index contributed by atoms with van der Waals surface area (Å²) < 4.78 is 5.83. The van der Waals surface area contributed by atoms with Gasteiger partial charge in [-0.25, -0.2) is 4.79 Å². The molecule has 0 bridgehead atoms. The molecule has 2 aliphatic rings. The number of carboxylic acids is 1. The van der Waals surface area contributed by atoms with Crippen molar-refractivity contribution in [2.24, 2.45) is 5.92 Å². The normalized spacial score (nSPS) is 17.3. The van der Waals surface area contributed by atoms with E-state index < -0.39 is 83.6 Å². The lowest BCUT2D eigenvalue weighted by Crippen LogP contribution is -2.56. The zero-order valence-corrected chi connectivity index (χ0v) is 30.0. The number of hydrogen-bond acceptors (Lipinski definition) is 9. The summed E-state index contributed by atoms with van der Waals surface area (Å²) in [5.74, 6) is -7.74. The predicted molar refractivity (Wildman–Crippen MR) is 190 cm³/mol. The molecule has 15 nitrogen and oxygen atoms in total. The van der Waals surface area contributed by atoms with E-state index in [-0.39, 0.29) is 25.8 Å². The van der Waals surface area contributed by atoms with Crippen molar-refractivity contribution >= 4 is 47.3 Å². The summed E-state index contributed by atoms with van der Waals surface area (Å²) in [6.45, 7) is 4.74. The Morgan fingerprint density at radius 3 is 2.28 bits per heavy atom. The maximum atomic E-state index is 14.2. The lowest BCUT2D eigenvalue weighted by molar-refractivity contribution is -0.144. The van der Waals surface area contributed by atoms with Crippen LogP contribution in [-0.2, 0) is 57.7 Å². The Morgan fingerprint density at radius 1 is 0.943 bits per heavy atom. The van der Waals surface area contributed by atoms with E-state index in [1.54, 1.807) is 51.1 Å². The van der Waals surface area contributed by atoms with Crippen molar-refractivity contribution < 1.29 is 48.2 Å². The van der Waals surface area contributed by atoms with Gasteiger partial charge in [0.25, 0.3) is 17.6 Å². The van der Waals surface area contributed by atoms with Crippen LogP contribution in [0.5, 0.6) is 0 Å². The largest absolute Gasteiger partial charge is 0.480 e. The highest BCUT2D eigenvalue weighted by atomic mass is 16.6. The number of nitrogens with zero attached hydrogens (tertiary/aromatic N) is 2. The van der Waals surface area contributed by atoms with Crippen molar-refractivity contribution in [1.82, 2.24) is 25.8 Å². The van der Waals surface area contributed by atoms with Crippen molar-refractivity contribution in [2.75, 3.05) is 19.6 Å². The fourth-order valence-electron chi connectivity index (χ4n) is 6.08. The minimum absolute atomic E-state index is 0.181. The van der Waals surface area contributed by atoms with Crippen LogP contribution in [0.1, 0.15) is 56.7 Å². The SMILES string of the molecule is CCC/C=C(\NC(=O)[C@@H]1C[C@@H](OC(=O)N2CCc3ccccc3C2)CN1C(=O)[C@@H](NC(=O)C(=O)Cc1ccccc1)C(C)C)C(=O)C(=O)NCC(=O)O.